The van der Waals surface area contributed by atoms with Crippen LogP contribution in [0.2, 0.25) is 0 Å². The van der Waals surface area contributed by atoms with Gasteiger partial charge in [-0.2, -0.15) is 0 Å². The molecule has 3 heteroatoms. The molecule has 0 aromatic carbocycles. The Bertz CT molecular complexity index is 184. The molecule has 3 atom stereocenters. The highest BCUT2D eigenvalue weighted by atomic mass is 33.1. The number of allylic oxidation sites excluding steroid dienone is 1. The van der Waals surface area contributed by atoms with Crippen molar-refractivity contribution in [3.63, 3.8) is 0 Å². The van der Waals surface area contributed by atoms with Gasteiger partial charge in [-0.1, -0.05) is 34.6 Å². The van der Waals surface area contributed by atoms with E-state index in [0.29, 0.717) is 0 Å². The van der Waals surface area contributed by atoms with E-state index in [1.54, 1.807) is 0 Å². The van der Waals surface area contributed by atoms with Crippen LogP contribution in [0.5, 0.6) is 0 Å². The van der Waals surface area contributed by atoms with Gasteiger partial charge < -0.3 is 5.73 Å². The molecule has 1 aliphatic rings. The average molecular weight is 245 g/mol. The van der Waals surface area contributed by atoms with E-state index in [-0.39, 0.29) is 0 Å². The first-order valence-electron chi connectivity index (χ1n) is 5.89. The Morgan fingerprint density at radius 1 is 1.47 bits per heavy atom. The summed E-state index contributed by atoms with van der Waals surface area (Å²) in [7, 11) is 4.18. The van der Waals surface area contributed by atoms with Gasteiger partial charge in [-0.05, 0) is 44.6 Å². The molecule has 0 aromatic rings. The van der Waals surface area contributed by atoms with E-state index in [1.807, 2.05) is 6.08 Å². The molecule has 0 spiro atoms. The monoisotopic (exact) mass is 245 g/mol. The maximum absolute atomic E-state index is 5.57. The minimum absolute atomic E-state index is 0.797. The van der Waals surface area contributed by atoms with Gasteiger partial charge in [0.25, 0.3) is 0 Å². The Morgan fingerprint density at radius 2 is 2.20 bits per heavy atom. The van der Waals surface area contributed by atoms with Gasteiger partial charge in [0.1, 0.15) is 0 Å². The third-order valence-corrected chi connectivity index (χ3v) is 6.31. The molecule has 1 saturated heterocycles. The van der Waals surface area contributed by atoms with Crippen molar-refractivity contribution in [1.29, 1.82) is 0 Å². The second-order valence-electron chi connectivity index (χ2n) is 4.46. The van der Waals surface area contributed by atoms with Crippen molar-refractivity contribution >= 4 is 21.6 Å². The zero-order valence-corrected chi connectivity index (χ0v) is 11.3. The lowest BCUT2D eigenvalue weighted by Gasteiger charge is -2.14. The summed E-state index contributed by atoms with van der Waals surface area (Å²) in [5, 5.41) is 1.73. The third kappa shape index (κ3) is 5.32. The first-order chi connectivity index (χ1) is 7.26. The van der Waals surface area contributed by atoms with E-state index in [2.05, 4.69) is 35.1 Å². The maximum atomic E-state index is 5.57. The van der Waals surface area contributed by atoms with Crippen molar-refractivity contribution in [3.05, 3.63) is 12.7 Å². The summed E-state index contributed by atoms with van der Waals surface area (Å²) in [6, 6.07) is 0. The van der Waals surface area contributed by atoms with Gasteiger partial charge in [-0.25, -0.2) is 0 Å². The molecule has 0 aliphatic carbocycles. The van der Waals surface area contributed by atoms with Gasteiger partial charge in [0.05, 0.1) is 0 Å². The molecular formula is C12H23NS2. The minimum Gasteiger partial charge on any atom is -0.330 e. The molecule has 1 heterocycles. The fraction of sp³-hybridized carbons (Fsp3) is 0.833. The van der Waals surface area contributed by atoms with E-state index in [4.69, 9.17) is 5.73 Å². The summed E-state index contributed by atoms with van der Waals surface area (Å²) < 4.78 is 0. The number of rotatable bonds is 7. The lowest BCUT2D eigenvalue weighted by atomic mass is 9.98. The zero-order valence-electron chi connectivity index (χ0n) is 9.65. The van der Waals surface area contributed by atoms with Gasteiger partial charge in [0.15, 0.2) is 0 Å². The van der Waals surface area contributed by atoms with Gasteiger partial charge in [0.2, 0.25) is 0 Å². The van der Waals surface area contributed by atoms with Gasteiger partial charge in [-0.3, -0.25) is 0 Å². The highest BCUT2D eigenvalue weighted by Gasteiger charge is 2.26. The molecular weight excluding hydrogens is 222 g/mol. The molecule has 0 bridgehead atoms. The molecule has 0 radical (unpaired) electrons. The maximum Gasteiger partial charge on any atom is 0.0165 e. The normalized spacial score (nSPS) is 27.9. The van der Waals surface area contributed by atoms with Crippen LogP contribution in [-0.4, -0.2) is 17.0 Å². The Morgan fingerprint density at radius 3 is 2.87 bits per heavy atom. The Hall–Kier alpha value is 0.400. The van der Waals surface area contributed by atoms with Crippen molar-refractivity contribution in [2.24, 2.45) is 11.7 Å². The molecule has 2 N–H and O–H groups in total. The van der Waals surface area contributed by atoms with E-state index in [9.17, 15) is 0 Å². The molecule has 0 saturated carbocycles. The number of nitrogens with two attached hydrogens (primary N) is 1. The second-order valence-corrected chi connectivity index (χ2v) is 7.33. The fourth-order valence-electron chi connectivity index (χ4n) is 1.99. The summed E-state index contributed by atoms with van der Waals surface area (Å²) in [6.07, 6.45) is 8.43. The minimum atomic E-state index is 0.797. The van der Waals surface area contributed by atoms with Crippen LogP contribution in [-0.2, 0) is 0 Å². The van der Waals surface area contributed by atoms with Crippen molar-refractivity contribution < 1.29 is 0 Å². The van der Waals surface area contributed by atoms with E-state index in [0.717, 1.165) is 23.0 Å². The van der Waals surface area contributed by atoms with Gasteiger partial charge >= 0.3 is 0 Å². The molecule has 15 heavy (non-hydrogen) atoms. The second kappa shape index (κ2) is 7.64. The molecule has 1 fully saturated rings. The van der Waals surface area contributed by atoms with Crippen molar-refractivity contribution in [2.75, 3.05) is 6.54 Å². The van der Waals surface area contributed by atoms with E-state index < -0.39 is 0 Å². The van der Waals surface area contributed by atoms with Gasteiger partial charge in [0, 0.05) is 10.5 Å². The third-order valence-electron chi connectivity index (χ3n) is 2.87. The van der Waals surface area contributed by atoms with Gasteiger partial charge in [-0.15, -0.1) is 6.58 Å². The molecule has 0 aromatic heterocycles. The van der Waals surface area contributed by atoms with Crippen LogP contribution in [0.1, 0.15) is 39.0 Å². The Kier molecular flexibility index (Phi) is 6.86. The first kappa shape index (κ1) is 13.5. The molecule has 88 valence electrons. The largest absolute Gasteiger partial charge is 0.330 e. The standard InChI is InChI=1S/C12H23NS2/c1-3-4-5-11-9-12(15-14-11)8-10(2)6-7-13/h3,10-12H,1,4-9,13H2,2H3. The predicted octanol–water partition coefficient (Wildman–Crippen LogP) is 3.85. The molecule has 1 rings (SSSR count). The van der Waals surface area contributed by atoms with Crippen LogP contribution in [0.3, 0.4) is 0 Å². The van der Waals surface area contributed by atoms with Crippen LogP contribution in [0.4, 0.5) is 0 Å². The predicted molar refractivity (Wildman–Crippen MR) is 74.3 cm³/mol. The van der Waals surface area contributed by atoms with E-state index >= 15 is 0 Å². The van der Waals surface area contributed by atoms with Crippen LogP contribution in [0.25, 0.3) is 0 Å². The zero-order chi connectivity index (χ0) is 11.1. The lowest BCUT2D eigenvalue weighted by Crippen LogP contribution is -2.12. The Balaban J connectivity index is 2.15. The topological polar surface area (TPSA) is 26.0 Å². The van der Waals surface area contributed by atoms with Crippen molar-refractivity contribution in [1.82, 2.24) is 0 Å². The van der Waals surface area contributed by atoms with Crippen LogP contribution in [0, 0.1) is 5.92 Å². The van der Waals surface area contributed by atoms with Crippen LogP contribution < -0.4 is 5.73 Å². The number of hydrogen-bond acceptors (Lipinski definition) is 3. The summed E-state index contributed by atoms with van der Waals surface area (Å²) in [5.74, 6) is 0.797. The van der Waals surface area contributed by atoms with Crippen LogP contribution >= 0.6 is 21.6 Å². The summed E-state index contributed by atoms with van der Waals surface area (Å²) in [5.41, 5.74) is 5.57. The summed E-state index contributed by atoms with van der Waals surface area (Å²) in [4.78, 5) is 0. The van der Waals surface area contributed by atoms with Crippen molar-refractivity contribution in [3.8, 4) is 0 Å². The molecule has 1 aliphatic heterocycles. The quantitative estimate of drug-likeness (QED) is 0.545. The molecule has 0 amide bonds. The molecule has 3 unspecified atom stereocenters. The SMILES string of the molecule is C=CCCC1CC(CC(C)CCN)SS1. The fourth-order valence-corrected chi connectivity index (χ4v) is 5.62. The molecule has 1 nitrogen and oxygen atoms in total. The highest BCUT2D eigenvalue weighted by molar-refractivity contribution is 8.77. The average Bonchev–Trinajstić information content (AvgIpc) is 2.63. The van der Waals surface area contributed by atoms with Crippen LogP contribution in [0.15, 0.2) is 12.7 Å². The number of hydrogen-bond donors (Lipinski definition) is 1. The first-order valence-corrected chi connectivity index (χ1v) is 8.17. The highest BCUT2D eigenvalue weighted by Crippen LogP contribution is 2.47. The summed E-state index contributed by atoms with van der Waals surface area (Å²) >= 11 is 0. The smallest absolute Gasteiger partial charge is 0.0165 e. The summed E-state index contributed by atoms with van der Waals surface area (Å²) in [6.45, 7) is 6.95. The van der Waals surface area contributed by atoms with Crippen molar-refractivity contribution in [2.45, 2.75) is 49.5 Å². The lowest BCUT2D eigenvalue weighted by molar-refractivity contribution is 0.478. The van der Waals surface area contributed by atoms with E-state index in [1.165, 1.54) is 32.1 Å². The Labute approximate surface area is 102 Å².